The highest BCUT2D eigenvalue weighted by Gasteiger charge is 2.16. The van der Waals surface area contributed by atoms with E-state index in [1.54, 1.807) is 12.6 Å². The van der Waals surface area contributed by atoms with Crippen molar-refractivity contribution in [1.82, 2.24) is 4.98 Å². The summed E-state index contributed by atoms with van der Waals surface area (Å²) in [5.41, 5.74) is 4.86. The van der Waals surface area contributed by atoms with Crippen LogP contribution in [0.2, 0.25) is 0 Å². The zero-order valence-electron chi connectivity index (χ0n) is 10.8. The summed E-state index contributed by atoms with van der Waals surface area (Å²) in [6, 6.07) is 6.00. The molecule has 0 fully saturated rings. The van der Waals surface area contributed by atoms with Gasteiger partial charge in [-0.1, -0.05) is 17.7 Å². The van der Waals surface area contributed by atoms with Crippen LogP contribution in [0.25, 0.3) is 0 Å². The molecule has 1 aromatic heterocycles. The van der Waals surface area contributed by atoms with Gasteiger partial charge in [-0.15, -0.1) is 11.3 Å². The van der Waals surface area contributed by atoms with Crippen molar-refractivity contribution in [3.63, 3.8) is 0 Å². The number of hydrogen-bond acceptors (Lipinski definition) is 4. The number of ether oxygens (including phenoxy) is 1. The maximum atomic E-state index is 10.3. The molecular formula is C14H17NO2S. The molecule has 0 bridgehead atoms. The molecule has 18 heavy (non-hydrogen) atoms. The van der Waals surface area contributed by atoms with Crippen LogP contribution in [0.15, 0.2) is 23.7 Å². The molecule has 4 heteroatoms. The third-order valence-electron chi connectivity index (χ3n) is 2.93. The lowest BCUT2D eigenvalue weighted by Gasteiger charge is -2.13. The SMILES string of the molecule is COc1ccc(C)cc1CC(O)c1scnc1C. The van der Waals surface area contributed by atoms with E-state index in [4.69, 9.17) is 4.74 Å². The minimum absolute atomic E-state index is 0.520. The Morgan fingerprint density at radius 2 is 2.17 bits per heavy atom. The molecular weight excluding hydrogens is 246 g/mol. The molecule has 2 aromatic rings. The Kier molecular flexibility index (Phi) is 3.99. The molecule has 1 unspecified atom stereocenters. The number of aryl methyl sites for hydroxylation is 2. The van der Waals surface area contributed by atoms with Crippen LogP contribution in [0.5, 0.6) is 5.75 Å². The quantitative estimate of drug-likeness (QED) is 0.922. The Morgan fingerprint density at radius 3 is 2.78 bits per heavy atom. The lowest BCUT2D eigenvalue weighted by molar-refractivity contribution is 0.180. The number of rotatable bonds is 4. The fraction of sp³-hybridized carbons (Fsp3) is 0.357. The van der Waals surface area contributed by atoms with Gasteiger partial charge in [-0.25, -0.2) is 4.98 Å². The van der Waals surface area contributed by atoms with Crippen LogP contribution in [-0.4, -0.2) is 17.2 Å². The number of methoxy groups -OCH3 is 1. The van der Waals surface area contributed by atoms with Gasteiger partial charge in [0, 0.05) is 6.42 Å². The van der Waals surface area contributed by atoms with E-state index in [2.05, 4.69) is 11.1 Å². The number of hydrogen-bond donors (Lipinski definition) is 1. The molecule has 0 aliphatic heterocycles. The fourth-order valence-electron chi connectivity index (χ4n) is 2.00. The van der Waals surface area contributed by atoms with Gasteiger partial charge in [0.05, 0.1) is 29.3 Å². The molecule has 0 saturated carbocycles. The summed E-state index contributed by atoms with van der Waals surface area (Å²) in [7, 11) is 1.65. The van der Waals surface area contributed by atoms with Gasteiger partial charge in [0.15, 0.2) is 0 Å². The zero-order valence-corrected chi connectivity index (χ0v) is 11.6. The van der Waals surface area contributed by atoms with Crippen LogP contribution < -0.4 is 4.74 Å². The summed E-state index contributed by atoms with van der Waals surface area (Å²) in [5.74, 6) is 0.821. The zero-order chi connectivity index (χ0) is 13.1. The molecule has 2 rings (SSSR count). The summed E-state index contributed by atoms with van der Waals surface area (Å²) < 4.78 is 5.33. The summed E-state index contributed by atoms with van der Waals surface area (Å²) >= 11 is 1.49. The van der Waals surface area contributed by atoms with Gasteiger partial charge in [-0.05, 0) is 25.5 Å². The molecule has 1 aromatic carbocycles. The third-order valence-corrected chi connectivity index (χ3v) is 3.97. The first-order valence-corrected chi connectivity index (χ1v) is 6.71. The first-order chi connectivity index (χ1) is 8.61. The van der Waals surface area contributed by atoms with E-state index in [9.17, 15) is 5.11 Å². The van der Waals surface area contributed by atoms with E-state index < -0.39 is 6.10 Å². The molecule has 1 heterocycles. The minimum Gasteiger partial charge on any atom is -0.496 e. The monoisotopic (exact) mass is 263 g/mol. The van der Waals surface area contributed by atoms with E-state index in [1.165, 1.54) is 16.9 Å². The molecule has 1 atom stereocenters. The number of thiazole rings is 1. The van der Waals surface area contributed by atoms with Gasteiger partial charge in [-0.2, -0.15) is 0 Å². The summed E-state index contributed by atoms with van der Waals surface area (Å²) in [6.45, 7) is 3.95. The van der Waals surface area contributed by atoms with Gasteiger partial charge in [-0.3, -0.25) is 0 Å². The molecule has 3 nitrogen and oxygen atoms in total. The van der Waals surface area contributed by atoms with Crippen LogP contribution >= 0.6 is 11.3 Å². The fourth-order valence-corrected chi connectivity index (χ4v) is 2.79. The minimum atomic E-state index is -0.520. The average Bonchev–Trinajstić information content (AvgIpc) is 2.76. The molecule has 0 saturated heterocycles. The average molecular weight is 263 g/mol. The van der Waals surface area contributed by atoms with Crippen molar-refractivity contribution in [3.8, 4) is 5.75 Å². The van der Waals surface area contributed by atoms with Gasteiger partial charge < -0.3 is 9.84 Å². The molecule has 0 radical (unpaired) electrons. The normalized spacial score (nSPS) is 12.4. The van der Waals surface area contributed by atoms with Crippen molar-refractivity contribution in [1.29, 1.82) is 0 Å². The number of benzene rings is 1. The maximum absolute atomic E-state index is 10.3. The van der Waals surface area contributed by atoms with E-state index in [0.717, 1.165) is 21.9 Å². The first-order valence-electron chi connectivity index (χ1n) is 5.83. The summed E-state index contributed by atoms with van der Waals surface area (Å²) in [6.07, 6.45) is 0.0293. The Balaban J connectivity index is 2.23. The van der Waals surface area contributed by atoms with Crippen LogP contribution in [0, 0.1) is 13.8 Å². The lowest BCUT2D eigenvalue weighted by Crippen LogP contribution is -2.03. The second-order valence-electron chi connectivity index (χ2n) is 4.34. The number of aliphatic hydroxyl groups excluding tert-OH is 1. The van der Waals surface area contributed by atoms with Crippen molar-refractivity contribution in [2.75, 3.05) is 7.11 Å². The van der Waals surface area contributed by atoms with Crippen molar-refractivity contribution in [3.05, 3.63) is 45.4 Å². The molecule has 0 spiro atoms. The van der Waals surface area contributed by atoms with Gasteiger partial charge >= 0.3 is 0 Å². The topological polar surface area (TPSA) is 42.4 Å². The Bertz CT molecular complexity index is 536. The van der Waals surface area contributed by atoms with E-state index in [1.807, 2.05) is 26.0 Å². The lowest BCUT2D eigenvalue weighted by atomic mass is 10.0. The van der Waals surface area contributed by atoms with Crippen molar-refractivity contribution < 1.29 is 9.84 Å². The second-order valence-corrected chi connectivity index (χ2v) is 5.22. The van der Waals surface area contributed by atoms with Crippen LogP contribution in [0.3, 0.4) is 0 Å². The highest BCUT2D eigenvalue weighted by Crippen LogP contribution is 2.29. The van der Waals surface area contributed by atoms with Crippen LogP contribution in [0.1, 0.15) is 27.8 Å². The maximum Gasteiger partial charge on any atom is 0.122 e. The standard InChI is InChI=1S/C14H17NO2S/c1-9-4-5-13(17-3)11(6-9)7-12(16)14-10(2)15-8-18-14/h4-6,8,12,16H,7H2,1-3H3. The Morgan fingerprint density at radius 1 is 1.39 bits per heavy atom. The predicted molar refractivity (Wildman–Crippen MR) is 73.2 cm³/mol. The largest absolute Gasteiger partial charge is 0.496 e. The molecule has 1 N–H and O–H groups in total. The van der Waals surface area contributed by atoms with Gasteiger partial charge in [0.25, 0.3) is 0 Å². The van der Waals surface area contributed by atoms with Crippen LogP contribution in [-0.2, 0) is 6.42 Å². The number of aliphatic hydroxyl groups is 1. The highest BCUT2D eigenvalue weighted by molar-refractivity contribution is 7.09. The molecule has 96 valence electrons. The van der Waals surface area contributed by atoms with Crippen molar-refractivity contribution >= 4 is 11.3 Å². The second kappa shape index (κ2) is 5.50. The van der Waals surface area contributed by atoms with E-state index in [0.29, 0.717) is 6.42 Å². The van der Waals surface area contributed by atoms with Crippen molar-refractivity contribution in [2.24, 2.45) is 0 Å². The predicted octanol–water partition coefficient (Wildman–Crippen LogP) is 3.04. The van der Waals surface area contributed by atoms with Crippen molar-refractivity contribution in [2.45, 2.75) is 26.4 Å². The van der Waals surface area contributed by atoms with E-state index in [-0.39, 0.29) is 0 Å². The van der Waals surface area contributed by atoms with E-state index >= 15 is 0 Å². The first kappa shape index (κ1) is 13.1. The molecule has 0 aliphatic carbocycles. The summed E-state index contributed by atoms with van der Waals surface area (Å²) in [5, 5.41) is 10.3. The van der Waals surface area contributed by atoms with Crippen LogP contribution in [0.4, 0.5) is 0 Å². The smallest absolute Gasteiger partial charge is 0.122 e. The molecule has 0 amide bonds. The van der Waals surface area contributed by atoms with Gasteiger partial charge in [0.2, 0.25) is 0 Å². The third kappa shape index (κ3) is 2.71. The van der Waals surface area contributed by atoms with Gasteiger partial charge in [0.1, 0.15) is 5.75 Å². The number of aromatic nitrogens is 1. The highest BCUT2D eigenvalue weighted by atomic mass is 32.1. The Labute approximate surface area is 111 Å². The molecule has 0 aliphatic rings. The summed E-state index contributed by atoms with van der Waals surface area (Å²) in [4.78, 5) is 5.10. The Hall–Kier alpha value is -1.39. The number of nitrogens with zero attached hydrogens (tertiary/aromatic N) is 1.